The van der Waals surface area contributed by atoms with E-state index in [4.69, 9.17) is 5.73 Å². The molecule has 1 fully saturated rings. The molecule has 0 amide bonds. The van der Waals surface area contributed by atoms with Crippen LogP contribution in [0.15, 0.2) is 30.5 Å². The van der Waals surface area contributed by atoms with Crippen molar-refractivity contribution < 1.29 is 0 Å². The van der Waals surface area contributed by atoms with Crippen molar-refractivity contribution in [3.8, 4) is 0 Å². The van der Waals surface area contributed by atoms with E-state index < -0.39 is 0 Å². The normalized spacial score (nSPS) is 17.2. The zero-order valence-electron chi connectivity index (χ0n) is 12.7. The number of aromatic nitrogens is 1. The molecule has 1 aromatic carbocycles. The topological polar surface area (TPSA) is 54.2 Å². The fourth-order valence-corrected chi connectivity index (χ4v) is 3.10. The Morgan fingerprint density at radius 3 is 2.86 bits per heavy atom. The minimum Gasteiger partial charge on any atom is -0.398 e. The molecule has 0 unspecified atom stereocenters. The van der Waals surface area contributed by atoms with E-state index in [1.54, 1.807) is 0 Å². The number of nitrogen functional groups attached to an aromatic ring is 1. The number of nitrogens with zero attached hydrogens (tertiary/aromatic N) is 2. The Balaban J connectivity index is 1.67. The standard InChI is InChI=1S/C17H24N4/c1-2-21-10-7-13(8-11-21)12-20-16-6-5-15(18)14-4-3-9-19-17(14)16/h3-6,9,13,20H,2,7-8,10-12,18H2,1H3. The van der Waals surface area contributed by atoms with Gasteiger partial charge in [0.2, 0.25) is 0 Å². The maximum absolute atomic E-state index is 6.02. The summed E-state index contributed by atoms with van der Waals surface area (Å²) in [4.78, 5) is 7.00. The summed E-state index contributed by atoms with van der Waals surface area (Å²) >= 11 is 0. The Kier molecular flexibility index (Phi) is 4.25. The molecule has 0 atom stereocenters. The molecule has 21 heavy (non-hydrogen) atoms. The van der Waals surface area contributed by atoms with Crippen LogP contribution >= 0.6 is 0 Å². The highest BCUT2D eigenvalue weighted by Gasteiger charge is 2.18. The molecule has 0 bridgehead atoms. The molecule has 112 valence electrons. The van der Waals surface area contributed by atoms with Crippen LogP contribution < -0.4 is 11.1 Å². The smallest absolute Gasteiger partial charge is 0.0953 e. The Hall–Kier alpha value is -1.81. The van der Waals surface area contributed by atoms with Crippen LogP contribution in [0.1, 0.15) is 19.8 Å². The summed E-state index contributed by atoms with van der Waals surface area (Å²) < 4.78 is 0. The number of benzene rings is 1. The van der Waals surface area contributed by atoms with E-state index in [1.165, 1.54) is 32.5 Å². The van der Waals surface area contributed by atoms with Gasteiger partial charge in [0.25, 0.3) is 0 Å². The van der Waals surface area contributed by atoms with Gasteiger partial charge in [-0.25, -0.2) is 0 Å². The van der Waals surface area contributed by atoms with Gasteiger partial charge in [-0.2, -0.15) is 0 Å². The lowest BCUT2D eigenvalue weighted by Crippen LogP contribution is -2.35. The largest absolute Gasteiger partial charge is 0.398 e. The number of fused-ring (bicyclic) bond motifs is 1. The Bertz CT molecular complexity index is 603. The molecule has 0 aliphatic carbocycles. The first-order valence-electron chi connectivity index (χ1n) is 7.87. The number of nitrogens with two attached hydrogens (primary N) is 1. The van der Waals surface area contributed by atoms with E-state index in [0.717, 1.165) is 34.7 Å². The zero-order valence-corrected chi connectivity index (χ0v) is 12.7. The van der Waals surface area contributed by atoms with Crippen molar-refractivity contribution >= 4 is 22.3 Å². The maximum Gasteiger partial charge on any atom is 0.0953 e. The van der Waals surface area contributed by atoms with Gasteiger partial charge in [0.1, 0.15) is 0 Å². The van der Waals surface area contributed by atoms with Crippen molar-refractivity contribution in [1.29, 1.82) is 0 Å². The number of nitrogens with one attached hydrogen (secondary N) is 1. The lowest BCUT2D eigenvalue weighted by molar-refractivity contribution is 0.198. The highest BCUT2D eigenvalue weighted by Crippen LogP contribution is 2.27. The number of hydrogen-bond acceptors (Lipinski definition) is 4. The summed E-state index contributed by atoms with van der Waals surface area (Å²) in [5.41, 5.74) is 8.88. The summed E-state index contributed by atoms with van der Waals surface area (Å²) in [6, 6.07) is 7.98. The van der Waals surface area contributed by atoms with Crippen LogP contribution in [0.25, 0.3) is 10.9 Å². The van der Waals surface area contributed by atoms with E-state index in [1.807, 2.05) is 30.5 Å². The van der Waals surface area contributed by atoms with E-state index in [2.05, 4.69) is 22.1 Å². The summed E-state index contributed by atoms with van der Waals surface area (Å²) in [6.07, 6.45) is 4.38. The van der Waals surface area contributed by atoms with Crippen molar-refractivity contribution in [2.24, 2.45) is 5.92 Å². The molecule has 4 nitrogen and oxygen atoms in total. The van der Waals surface area contributed by atoms with Crippen molar-refractivity contribution in [2.45, 2.75) is 19.8 Å². The third-order valence-corrected chi connectivity index (χ3v) is 4.54. The minimum absolute atomic E-state index is 0.754. The summed E-state index contributed by atoms with van der Waals surface area (Å²) in [5.74, 6) is 0.754. The Labute approximate surface area is 126 Å². The van der Waals surface area contributed by atoms with Gasteiger partial charge in [-0.15, -0.1) is 0 Å². The van der Waals surface area contributed by atoms with Crippen LogP contribution in [0.5, 0.6) is 0 Å². The second kappa shape index (κ2) is 6.31. The predicted octanol–water partition coefficient (Wildman–Crippen LogP) is 2.96. The van der Waals surface area contributed by atoms with Crippen molar-refractivity contribution in [3.05, 3.63) is 30.5 Å². The summed E-state index contributed by atoms with van der Waals surface area (Å²) in [6.45, 7) is 6.89. The van der Waals surface area contributed by atoms with Crippen LogP contribution in [0.3, 0.4) is 0 Å². The third kappa shape index (κ3) is 3.10. The van der Waals surface area contributed by atoms with Crippen molar-refractivity contribution in [2.75, 3.05) is 37.2 Å². The number of anilines is 2. The number of likely N-dealkylation sites (tertiary alicyclic amines) is 1. The molecule has 1 saturated heterocycles. The first-order valence-corrected chi connectivity index (χ1v) is 7.87. The Morgan fingerprint density at radius 1 is 1.29 bits per heavy atom. The molecule has 2 aromatic rings. The summed E-state index contributed by atoms with van der Waals surface area (Å²) in [5, 5.41) is 4.61. The Morgan fingerprint density at radius 2 is 2.10 bits per heavy atom. The monoisotopic (exact) mass is 284 g/mol. The molecule has 1 aliphatic heterocycles. The molecule has 3 rings (SSSR count). The highest BCUT2D eigenvalue weighted by molar-refractivity contribution is 5.98. The van der Waals surface area contributed by atoms with E-state index >= 15 is 0 Å². The van der Waals surface area contributed by atoms with Gasteiger partial charge in [-0.1, -0.05) is 6.92 Å². The second-order valence-corrected chi connectivity index (χ2v) is 5.86. The first kappa shape index (κ1) is 14.1. The molecule has 2 heterocycles. The highest BCUT2D eigenvalue weighted by atomic mass is 15.1. The van der Waals surface area contributed by atoms with Gasteiger partial charge >= 0.3 is 0 Å². The molecule has 0 radical (unpaired) electrons. The average molecular weight is 284 g/mol. The van der Waals surface area contributed by atoms with Gasteiger partial charge in [0.05, 0.1) is 11.2 Å². The zero-order chi connectivity index (χ0) is 14.7. The average Bonchev–Trinajstić information content (AvgIpc) is 2.55. The third-order valence-electron chi connectivity index (χ3n) is 4.54. The van der Waals surface area contributed by atoms with Gasteiger partial charge in [-0.3, -0.25) is 4.98 Å². The van der Waals surface area contributed by atoms with Crippen molar-refractivity contribution in [1.82, 2.24) is 9.88 Å². The number of rotatable bonds is 4. The first-order chi connectivity index (χ1) is 10.3. The van der Waals surface area contributed by atoms with Gasteiger partial charge in [-0.05, 0) is 62.7 Å². The molecule has 4 heteroatoms. The lowest BCUT2D eigenvalue weighted by Gasteiger charge is -2.31. The van der Waals surface area contributed by atoms with Crippen LogP contribution in [0.2, 0.25) is 0 Å². The minimum atomic E-state index is 0.754. The lowest BCUT2D eigenvalue weighted by atomic mass is 9.96. The van der Waals surface area contributed by atoms with Crippen LogP contribution in [-0.2, 0) is 0 Å². The summed E-state index contributed by atoms with van der Waals surface area (Å²) in [7, 11) is 0. The predicted molar refractivity (Wildman–Crippen MR) is 89.5 cm³/mol. The molecule has 0 saturated carbocycles. The molecule has 3 N–H and O–H groups in total. The molecule has 0 spiro atoms. The molecule has 1 aliphatic rings. The number of piperidine rings is 1. The fourth-order valence-electron chi connectivity index (χ4n) is 3.10. The fraction of sp³-hybridized carbons (Fsp3) is 0.471. The SMILES string of the molecule is CCN1CCC(CNc2ccc(N)c3cccnc23)CC1. The van der Waals surface area contributed by atoms with Crippen molar-refractivity contribution in [3.63, 3.8) is 0 Å². The van der Waals surface area contributed by atoms with Crippen LogP contribution in [0.4, 0.5) is 11.4 Å². The van der Waals surface area contributed by atoms with E-state index in [0.29, 0.717) is 0 Å². The molecular weight excluding hydrogens is 260 g/mol. The maximum atomic E-state index is 6.02. The van der Waals surface area contributed by atoms with E-state index in [-0.39, 0.29) is 0 Å². The molecule has 1 aromatic heterocycles. The van der Waals surface area contributed by atoms with Gasteiger partial charge in [0, 0.05) is 23.8 Å². The number of pyridine rings is 1. The van der Waals surface area contributed by atoms with Gasteiger partial charge < -0.3 is 16.0 Å². The van der Waals surface area contributed by atoms with Crippen LogP contribution in [-0.4, -0.2) is 36.1 Å². The molecular formula is C17H24N4. The quantitative estimate of drug-likeness (QED) is 0.848. The number of hydrogen-bond donors (Lipinski definition) is 2. The van der Waals surface area contributed by atoms with Gasteiger partial charge in [0.15, 0.2) is 0 Å². The van der Waals surface area contributed by atoms with E-state index in [9.17, 15) is 0 Å². The second-order valence-electron chi connectivity index (χ2n) is 5.86. The van der Waals surface area contributed by atoms with Crippen LogP contribution in [0, 0.1) is 5.92 Å².